The minimum absolute atomic E-state index is 0.841. The van der Waals surface area contributed by atoms with Gasteiger partial charge in [0, 0.05) is 0 Å². The van der Waals surface area contributed by atoms with Gasteiger partial charge in [0.15, 0.2) is 0 Å². The third kappa shape index (κ3) is 2.02. The van der Waals surface area contributed by atoms with Crippen molar-refractivity contribution in [3.8, 4) is 11.5 Å². The van der Waals surface area contributed by atoms with E-state index in [4.69, 9.17) is 9.47 Å². The number of benzene rings is 1. The fourth-order valence-corrected chi connectivity index (χ4v) is 1.53. The van der Waals surface area contributed by atoms with Gasteiger partial charge in [0.25, 0.3) is 0 Å². The SMILES string of the molecule is COc1cc[c]([Sn])c(OC)c1. The van der Waals surface area contributed by atoms with Gasteiger partial charge in [-0.2, -0.15) is 0 Å². The van der Waals surface area contributed by atoms with Crippen LogP contribution < -0.4 is 13.1 Å². The first-order valence-corrected chi connectivity index (χ1v) is 4.64. The first-order valence-electron chi connectivity index (χ1n) is 3.21. The zero-order chi connectivity index (χ0) is 8.27. The Morgan fingerprint density at radius 2 is 1.91 bits per heavy atom. The van der Waals surface area contributed by atoms with E-state index in [1.54, 1.807) is 14.2 Å². The van der Waals surface area contributed by atoms with Crippen molar-refractivity contribution in [1.29, 1.82) is 0 Å². The molecular formula is C8H9O2Sn. The second-order valence-corrected chi connectivity index (χ2v) is 3.60. The zero-order valence-electron chi connectivity index (χ0n) is 6.55. The van der Waals surface area contributed by atoms with Crippen LogP contribution in [0.25, 0.3) is 0 Å². The molecule has 0 saturated heterocycles. The van der Waals surface area contributed by atoms with Crippen LogP contribution in [0, 0.1) is 0 Å². The molecule has 0 aliphatic rings. The number of ether oxygens (including phenoxy) is 2. The van der Waals surface area contributed by atoms with E-state index in [2.05, 4.69) is 0 Å². The molecule has 0 heterocycles. The molecule has 11 heavy (non-hydrogen) atoms. The Labute approximate surface area is 79.6 Å². The van der Waals surface area contributed by atoms with E-state index in [0.29, 0.717) is 0 Å². The molecular weight excluding hydrogens is 247 g/mol. The quantitative estimate of drug-likeness (QED) is 0.717. The molecule has 0 spiro atoms. The third-order valence-corrected chi connectivity index (χ3v) is 2.59. The number of rotatable bonds is 2. The Kier molecular flexibility index (Phi) is 3.05. The van der Waals surface area contributed by atoms with E-state index in [0.717, 1.165) is 11.5 Å². The van der Waals surface area contributed by atoms with Crippen LogP contribution in [0.2, 0.25) is 0 Å². The molecule has 3 radical (unpaired) electrons. The van der Waals surface area contributed by atoms with E-state index in [9.17, 15) is 0 Å². The van der Waals surface area contributed by atoms with Crippen LogP contribution >= 0.6 is 0 Å². The third-order valence-electron chi connectivity index (χ3n) is 1.41. The molecule has 57 valence electrons. The van der Waals surface area contributed by atoms with Crippen LogP contribution in [0.4, 0.5) is 0 Å². The first kappa shape index (κ1) is 8.71. The molecule has 0 fully saturated rings. The molecule has 0 atom stereocenters. The van der Waals surface area contributed by atoms with Crippen molar-refractivity contribution in [3.63, 3.8) is 0 Å². The Bertz CT molecular complexity index is 248. The van der Waals surface area contributed by atoms with E-state index >= 15 is 0 Å². The molecule has 0 aliphatic carbocycles. The first-order chi connectivity index (χ1) is 5.27. The summed E-state index contributed by atoms with van der Waals surface area (Å²) in [6.45, 7) is 0. The van der Waals surface area contributed by atoms with Gasteiger partial charge < -0.3 is 0 Å². The van der Waals surface area contributed by atoms with Gasteiger partial charge in [0.05, 0.1) is 0 Å². The van der Waals surface area contributed by atoms with Gasteiger partial charge in [0.1, 0.15) is 0 Å². The van der Waals surface area contributed by atoms with Crippen molar-refractivity contribution >= 4 is 26.1 Å². The molecule has 1 aromatic carbocycles. The summed E-state index contributed by atoms with van der Waals surface area (Å²) in [6.07, 6.45) is 0. The standard InChI is InChI=1S/C8H9O2.Sn/c1-9-7-4-3-5-8(6-7)10-2;/h3-4,6H,1-2H3;. The van der Waals surface area contributed by atoms with Gasteiger partial charge in [-0.3, -0.25) is 0 Å². The van der Waals surface area contributed by atoms with Crippen molar-refractivity contribution in [1.82, 2.24) is 0 Å². The summed E-state index contributed by atoms with van der Waals surface area (Å²) in [7, 11) is 3.32. The summed E-state index contributed by atoms with van der Waals surface area (Å²) in [5.41, 5.74) is 0. The van der Waals surface area contributed by atoms with E-state index in [1.165, 1.54) is 26.1 Å². The van der Waals surface area contributed by atoms with Crippen LogP contribution in [-0.4, -0.2) is 36.7 Å². The molecule has 3 heteroatoms. The Hall–Kier alpha value is -0.381. The zero-order valence-corrected chi connectivity index (χ0v) is 9.40. The van der Waals surface area contributed by atoms with Gasteiger partial charge in [-0.25, -0.2) is 0 Å². The van der Waals surface area contributed by atoms with Crippen molar-refractivity contribution < 1.29 is 9.47 Å². The average Bonchev–Trinajstić information content (AvgIpc) is 2.05. The predicted octanol–water partition coefficient (Wildman–Crippen LogP) is 0.498. The molecule has 0 amide bonds. The molecule has 0 saturated carbocycles. The summed E-state index contributed by atoms with van der Waals surface area (Å²) < 4.78 is 11.4. The van der Waals surface area contributed by atoms with Crippen molar-refractivity contribution in [2.75, 3.05) is 14.2 Å². The maximum atomic E-state index is 5.13. The number of hydrogen-bond donors (Lipinski definition) is 0. The molecule has 2 nitrogen and oxygen atoms in total. The maximum absolute atomic E-state index is 5.13. The van der Waals surface area contributed by atoms with Crippen LogP contribution in [0.3, 0.4) is 0 Å². The Morgan fingerprint density at radius 1 is 1.18 bits per heavy atom. The van der Waals surface area contributed by atoms with Crippen LogP contribution in [0.5, 0.6) is 11.5 Å². The van der Waals surface area contributed by atoms with Crippen molar-refractivity contribution in [2.24, 2.45) is 0 Å². The predicted molar refractivity (Wildman–Crippen MR) is 44.9 cm³/mol. The molecule has 1 rings (SSSR count). The Balaban J connectivity index is 3.02. The summed E-state index contributed by atoms with van der Waals surface area (Å²) in [5, 5.41) is 0. The number of methoxy groups -OCH3 is 2. The molecule has 0 aliphatic heterocycles. The fraction of sp³-hybridized carbons (Fsp3) is 0.250. The summed E-state index contributed by atoms with van der Waals surface area (Å²) in [5.74, 6) is 1.75. The van der Waals surface area contributed by atoms with Crippen molar-refractivity contribution in [3.05, 3.63) is 18.2 Å². The van der Waals surface area contributed by atoms with Crippen LogP contribution in [0.15, 0.2) is 18.2 Å². The van der Waals surface area contributed by atoms with Gasteiger partial charge in [-0.15, -0.1) is 0 Å². The average molecular weight is 256 g/mol. The fourth-order valence-electron chi connectivity index (χ4n) is 0.799. The second kappa shape index (κ2) is 3.85. The van der Waals surface area contributed by atoms with Crippen molar-refractivity contribution in [2.45, 2.75) is 0 Å². The molecule has 1 aromatic rings. The topological polar surface area (TPSA) is 18.5 Å². The van der Waals surface area contributed by atoms with Gasteiger partial charge in [0.2, 0.25) is 0 Å². The molecule has 0 N–H and O–H groups in total. The van der Waals surface area contributed by atoms with E-state index in [-0.39, 0.29) is 0 Å². The van der Waals surface area contributed by atoms with Gasteiger partial charge in [-0.05, 0) is 0 Å². The monoisotopic (exact) mass is 257 g/mol. The van der Waals surface area contributed by atoms with E-state index < -0.39 is 0 Å². The van der Waals surface area contributed by atoms with E-state index in [1.807, 2.05) is 18.2 Å². The Morgan fingerprint density at radius 3 is 2.45 bits per heavy atom. The summed E-state index contributed by atoms with van der Waals surface area (Å²) >= 11 is 1.35. The van der Waals surface area contributed by atoms with Gasteiger partial charge in [-0.1, -0.05) is 0 Å². The summed E-state index contributed by atoms with van der Waals surface area (Å²) in [4.78, 5) is 0. The van der Waals surface area contributed by atoms with Gasteiger partial charge >= 0.3 is 79.5 Å². The molecule has 0 bridgehead atoms. The summed E-state index contributed by atoms with van der Waals surface area (Å²) in [6, 6.07) is 5.84. The molecule has 0 unspecified atom stereocenters. The van der Waals surface area contributed by atoms with Crippen LogP contribution in [-0.2, 0) is 0 Å². The minimum atomic E-state index is 0.841. The normalized spacial score (nSPS) is 9.36. The second-order valence-electron chi connectivity index (χ2n) is 2.07. The number of hydrogen-bond acceptors (Lipinski definition) is 2. The molecule has 0 aromatic heterocycles. The van der Waals surface area contributed by atoms with Crippen LogP contribution in [0.1, 0.15) is 0 Å².